The molecule has 1 saturated carbocycles. The van der Waals surface area contributed by atoms with Crippen molar-refractivity contribution in [3.63, 3.8) is 0 Å². The molecule has 3 aliphatic carbocycles. The first-order chi connectivity index (χ1) is 23.9. The monoisotopic (exact) mass is 680 g/mol. The van der Waals surface area contributed by atoms with Crippen LogP contribution in [0.25, 0.3) is 11.5 Å². The number of aryl methyl sites for hydroxylation is 1. The molecule has 2 aliphatic heterocycles. The Morgan fingerprint density at radius 1 is 1.12 bits per heavy atom. The number of rotatable bonds is 5. The molecule has 4 heterocycles. The van der Waals surface area contributed by atoms with Crippen LogP contribution in [-0.4, -0.2) is 87.5 Å². The number of nitrogens with two attached hydrogens (primary N) is 1. The second-order valence-corrected chi connectivity index (χ2v) is 16.1. The molecule has 0 bridgehead atoms. The highest BCUT2D eigenvalue weighted by atomic mass is 16.6. The smallest absolute Gasteiger partial charge is 0.410 e. The molecule has 3 aromatic rings. The van der Waals surface area contributed by atoms with Crippen LogP contribution in [0.2, 0.25) is 0 Å². The second-order valence-electron chi connectivity index (χ2n) is 16.1. The minimum Gasteiger partial charge on any atom is -0.473 e. The maximum atomic E-state index is 13.2. The molecule has 5 aliphatic rings. The molecule has 0 unspecified atom stereocenters. The molecule has 12 heteroatoms. The van der Waals surface area contributed by atoms with Crippen molar-refractivity contribution in [3.05, 3.63) is 46.2 Å². The lowest BCUT2D eigenvalue weighted by Crippen LogP contribution is -2.58. The van der Waals surface area contributed by atoms with Crippen LogP contribution in [0.15, 0.2) is 22.7 Å². The van der Waals surface area contributed by atoms with Crippen molar-refractivity contribution in [3.8, 4) is 23.5 Å². The molecule has 0 radical (unpaired) electrons. The zero-order chi connectivity index (χ0) is 35.0. The fraction of sp³-hybridized carbons (Fsp3) is 0.605. The zero-order valence-corrected chi connectivity index (χ0v) is 29.9. The summed E-state index contributed by atoms with van der Waals surface area (Å²) in [4.78, 5) is 29.9. The second kappa shape index (κ2) is 11.9. The number of anilines is 2. The van der Waals surface area contributed by atoms with E-state index in [-0.39, 0.29) is 17.7 Å². The number of hydrogen-bond acceptors (Lipinski definition) is 11. The van der Waals surface area contributed by atoms with Gasteiger partial charge in [0.15, 0.2) is 17.3 Å². The van der Waals surface area contributed by atoms with Crippen LogP contribution in [0.4, 0.5) is 16.3 Å². The number of piperazine rings is 1. The lowest BCUT2D eigenvalue weighted by molar-refractivity contribution is 0.0106. The third-order valence-electron chi connectivity index (χ3n) is 11.7. The van der Waals surface area contributed by atoms with Crippen molar-refractivity contribution in [1.82, 2.24) is 24.9 Å². The predicted molar refractivity (Wildman–Crippen MR) is 188 cm³/mol. The van der Waals surface area contributed by atoms with Crippen molar-refractivity contribution < 1.29 is 18.8 Å². The van der Waals surface area contributed by atoms with Crippen molar-refractivity contribution in [2.45, 2.75) is 114 Å². The summed E-state index contributed by atoms with van der Waals surface area (Å²) in [6.07, 6.45) is 8.00. The maximum absolute atomic E-state index is 13.2. The number of ether oxygens (including phenoxy) is 2. The van der Waals surface area contributed by atoms with Crippen LogP contribution >= 0.6 is 0 Å². The normalized spacial score (nSPS) is 24.6. The van der Waals surface area contributed by atoms with Crippen LogP contribution in [0.1, 0.15) is 101 Å². The van der Waals surface area contributed by atoms with Crippen molar-refractivity contribution in [1.29, 1.82) is 5.26 Å². The SMILES string of the molecule is C[C@H](Oc1cc(N2CCN(C(=O)OC(C)(C)C)C3(CC3)C2)nc(-c2noc3c2CCC[C@@]32CCc3ccc(N)c(C#N)c32)n1)[C@@H]1CCCN1C. The number of likely N-dealkylation sites (tertiary alicyclic amines) is 1. The van der Waals surface area contributed by atoms with Crippen molar-refractivity contribution >= 4 is 17.6 Å². The Morgan fingerprint density at radius 3 is 2.66 bits per heavy atom. The van der Waals surface area contributed by atoms with E-state index in [9.17, 15) is 10.1 Å². The number of likely N-dealkylation sites (N-methyl/N-ethyl adjacent to an activating group) is 1. The van der Waals surface area contributed by atoms with E-state index in [0.717, 1.165) is 92.6 Å². The van der Waals surface area contributed by atoms with Gasteiger partial charge in [-0.3, -0.25) is 9.80 Å². The Kier molecular flexibility index (Phi) is 7.78. The number of carbonyl (C=O) groups excluding carboxylic acids is 1. The number of aromatic nitrogens is 3. The molecule has 3 atom stereocenters. The zero-order valence-electron chi connectivity index (χ0n) is 29.9. The van der Waals surface area contributed by atoms with Gasteiger partial charge in [0, 0.05) is 43.0 Å². The summed E-state index contributed by atoms with van der Waals surface area (Å²) in [6, 6.07) is 8.54. The summed E-state index contributed by atoms with van der Waals surface area (Å²) in [6.45, 7) is 10.7. The van der Waals surface area contributed by atoms with Crippen LogP contribution in [0, 0.1) is 11.3 Å². The van der Waals surface area contributed by atoms with Gasteiger partial charge in [-0.15, -0.1) is 0 Å². The molecular weight excluding hydrogens is 632 g/mol. The molecule has 1 amide bonds. The third kappa shape index (κ3) is 5.45. The topological polar surface area (TPSA) is 147 Å². The number of carbonyl (C=O) groups is 1. The lowest BCUT2D eigenvalue weighted by atomic mass is 9.68. The van der Waals surface area contributed by atoms with E-state index in [1.54, 1.807) is 0 Å². The van der Waals surface area contributed by atoms with E-state index in [2.05, 4.69) is 41.1 Å². The van der Waals surface area contributed by atoms with E-state index in [0.29, 0.717) is 54.3 Å². The molecule has 1 aromatic carbocycles. The minimum absolute atomic E-state index is 0.0729. The molecule has 2 spiro atoms. The molecule has 50 heavy (non-hydrogen) atoms. The number of fused-ring (bicyclic) bond motifs is 4. The summed E-state index contributed by atoms with van der Waals surface area (Å²) >= 11 is 0. The highest BCUT2D eigenvalue weighted by Crippen LogP contribution is 2.54. The van der Waals surface area contributed by atoms with Gasteiger partial charge in [-0.05, 0) is 116 Å². The van der Waals surface area contributed by atoms with E-state index >= 15 is 0 Å². The van der Waals surface area contributed by atoms with Crippen LogP contribution < -0.4 is 15.4 Å². The number of nitrogens with zero attached hydrogens (tertiary/aromatic N) is 7. The van der Waals surface area contributed by atoms with Crippen molar-refractivity contribution in [2.75, 3.05) is 43.9 Å². The summed E-state index contributed by atoms with van der Waals surface area (Å²) in [5, 5.41) is 14.8. The molecule has 2 aromatic heterocycles. The van der Waals surface area contributed by atoms with Gasteiger partial charge in [-0.1, -0.05) is 11.2 Å². The Labute approximate surface area is 293 Å². The van der Waals surface area contributed by atoms with Gasteiger partial charge in [-0.2, -0.15) is 10.2 Å². The minimum atomic E-state index is -0.555. The summed E-state index contributed by atoms with van der Waals surface area (Å²) in [7, 11) is 2.15. The summed E-state index contributed by atoms with van der Waals surface area (Å²) in [5.41, 5.74) is 9.88. The quantitative estimate of drug-likeness (QED) is 0.336. The average Bonchev–Trinajstić information content (AvgIpc) is 3.38. The number of nitriles is 1. The van der Waals surface area contributed by atoms with Crippen LogP contribution in [-0.2, 0) is 23.0 Å². The Morgan fingerprint density at radius 2 is 1.94 bits per heavy atom. The first-order valence-corrected chi connectivity index (χ1v) is 18.2. The van der Waals surface area contributed by atoms with E-state index in [1.807, 2.05) is 37.8 Å². The van der Waals surface area contributed by atoms with Gasteiger partial charge in [0.05, 0.1) is 16.5 Å². The van der Waals surface area contributed by atoms with E-state index in [1.165, 1.54) is 0 Å². The molecule has 2 saturated heterocycles. The van der Waals surface area contributed by atoms with E-state index < -0.39 is 11.0 Å². The molecule has 264 valence electrons. The number of amides is 1. The van der Waals surface area contributed by atoms with Gasteiger partial charge >= 0.3 is 6.09 Å². The Bertz CT molecular complexity index is 1870. The van der Waals surface area contributed by atoms with Gasteiger partial charge in [-0.25, -0.2) is 9.78 Å². The fourth-order valence-electron chi connectivity index (χ4n) is 9.15. The largest absolute Gasteiger partial charge is 0.473 e. The van der Waals surface area contributed by atoms with Crippen molar-refractivity contribution in [2.24, 2.45) is 0 Å². The molecule has 8 rings (SSSR count). The average molecular weight is 681 g/mol. The Hall–Kier alpha value is -4.37. The summed E-state index contributed by atoms with van der Waals surface area (Å²) in [5.74, 6) is 2.53. The number of benzene rings is 1. The van der Waals surface area contributed by atoms with E-state index in [4.69, 9.17) is 29.7 Å². The summed E-state index contributed by atoms with van der Waals surface area (Å²) < 4.78 is 18.7. The number of nitrogen functional groups attached to an aromatic ring is 1. The lowest BCUT2D eigenvalue weighted by Gasteiger charge is -2.42. The number of hydrogen-bond donors (Lipinski definition) is 1. The molecule has 3 fully saturated rings. The molecule has 12 nitrogen and oxygen atoms in total. The van der Waals surface area contributed by atoms with Gasteiger partial charge in [0.2, 0.25) is 5.88 Å². The first-order valence-electron chi connectivity index (χ1n) is 18.2. The molecular formula is C38H48N8O4. The highest BCUT2D eigenvalue weighted by Gasteiger charge is 2.55. The van der Waals surface area contributed by atoms with Crippen LogP contribution in [0.5, 0.6) is 5.88 Å². The third-order valence-corrected chi connectivity index (χ3v) is 11.7. The fourth-order valence-corrected chi connectivity index (χ4v) is 9.15. The standard InChI is InChI=1S/C38H48N8O4/c1-23(28-9-7-17-44(28)5)48-30-20-29(45-18-19-46(37(22-45)15-16-37)35(47)49-36(2,3)4)41-34(42-30)32-25-8-6-13-38(33(25)50-43-32)14-12-24-10-11-27(40)26(21-39)31(24)38/h10-11,20,23,28H,6-9,12-19,22,40H2,1-5H3/t23-,28-,38-/m0/s1. The van der Waals surface area contributed by atoms with Gasteiger partial charge < -0.3 is 24.6 Å². The Balaban J connectivity index is 1.17. The first kappa shape index (κ1) is 32.8. The molecule has 2 N–H and O–H groups in total. The highest BCUT2D eigenvalue weighted by molar-refractivity contribution is 5.71. The maximum Gasteiger partial charge on any atom is 0.410 e. The predicted octanol–water partition coefficient (Wildman–Crippen LogP) is 5.61. The van der Waals surface area contributed by atoms with Gasteiger partial charge in [0.1, 0.15) is 23.6 Å². The van der Waals surface area contributed by atoms with Gasteiger partial charge in [0.25, 0.3) is 0 Å². The van der Waals surface area contributed by atoms with Crippen LogP contribution in [0.3, 0.4) is 0 Å².